The standard InChI is InChI=1S/C40H30N8/c1-5-21-41-25(9-1)37-29-13-15-31(45-29)38(26-10-2-6-22-42-26)33-17-19-35(47-33)40(28-12-4-8-24-44-28)36-20-18-34(48-36)39(27-11-3-7-23-43-27)32-16-14-30(37)46-32/h1-17,19,21-24,34,36,46,48H,18,20H2. The van der Waals surface area contributed by atoms with E-state index in [1.807, 2.05) is 85.5 Å². The van der Waals surface area contributed by atoms with E-state index in [1.165, 1.54) is 0 Å². The molecule has 1 fully saturated rings. The van der Waals surface area contributed by atoms with Gasteiger partial charge in [0.2, 0.25) is 0 Å². The molecule has 0 spiro atoms. The molecule has 5 aromatic heterocycles. The second kappa shape index (κ2) is 11.9. The lowest BCUT2D eigenvalue weighted by Gasteiger charge is -2.20. The Hall–Kier alpha value is -6.12. The van der Waals surface area contributed by atoms with Crippen molar-refractivity contribution >= 4 is 33.7 Å². The van der Waals surface area contributed by atoms with E-state index in [-0.39, 0.29) is 12.1 Å². The molecule has 4 aliphatic rings. The Morgan fingerprint density at radius 2 is 0.958 bits per heavy atom. The molecule has 0 radical (unpaired) electrons. The van der Waals surface area contributed by atoms with Crippen LogP contribution in [-0.2, 0) is 0 Å². The summed E-state index contributed by atoms with van der Waals surface area (Å²) < 4.78 is 0. The molecule has 0 saturated carbocycles. The number of rotatable bonds is 4. The summed E-state index contributed by atoms with van der Waals surface area (Å²) >= 11 is 0. The van der Waals surface area contributed by atoms with Crippen LogP contribution in [0, 0.1) is 0 Å². The van der Waals surface area contributed by atoms with Crippen LogP contribution in [-0.4, -0.2) is 48.4 Å². The molecule has 9 rings (SSSR count). The number of aromatic amines is 1. The van der Waals surface area contributed by atoms with Gasteiger partial charge in [-0.15, -0.1) is 0 Å². The smallest absolute Gasteiger partial charge is 0.0753 e. The molecule has 5 aromatic rings. The quantitative estimate of drug-likeness (QED) is 0.295. The second-order valence-corrected chi connectivity index (χ2v) is 12.0. The third kappa shape index (κ3) is 4.99. The van der Waals surface area contributed by atoms with Crippen molar-refractivity contribution in [2.24, 2.45) is 9.98 Å². The third-order valence-electron chi connectivity index (χ3n) is 9.14. The number of fused-ring (bicyclic) bond motifs is 6. The van der Waals surface area contributed by atoms with Crippen molar-refractivity contribution < 1.29 is 0 Å². The van der Waals surface area contributed by atoms with Crippen LogP contribution in [0.3, 0.4) is 0 Å². The molecule has 9 heterocycles. The van der Waals surface area contributed by atoms with Crippen LogP contribution in [0.15, 0.2) is 155 Å². The summed E-state index contributed by atoms with van der Waals surface area (Å²) in [5.74, 6) is 0. The third-order valence-corrected chi connectivity index (χ3v) is 9.14. The SMILES string of the molecule is C1=CC2=C(c3ccccn3)C3CCC(N3)C(c3ccccn3)=c3ccc([nH]3)=C(c3ccccn3)C3=NC(=C(c4ccccn4)C1=N2)C=C3. The van der Waals surface area contributed by atoms with Crippen molar-refractivity contribution in [2.45, 2.75) is 24.9 Å². The second-order valence-electron chi connectivity index (χ2n) is 12.0. The fraction of sp³-hybridized carbons (Fsp3) is 0.100. The summed E-state index contributed by atoms with van der Waals surface area (Å²) in [5.41, 5.74) is 10.8. The summed E-state index contributed by atoms with van der Waals surface area (Å²) in [5, 5.41) is 5.92. The van der Waals surface area contributed by atoms with E-state index in [4.69, 9.17) is 29.9 Å². The first-order valence-electron chi connectivity index (χ1n) is 16.2. The number of hydrogen-bond donors (Lipinski definition) is 2. The first kappa shape index (κ1) is 28.1. The molecule has 2 atom stereocenters. The predicted molar refractivity (Wildman–Crippen MR) is 189 cm³/mol. The van der Waals surface area contributed by atoms with E-state index in [9.17, 15) is 0 Å². The van der Waals surface area contributed by atoms with Gasteiger partial charge in [0.15, 0.2) is 0 Å². The molecule has 8 nitrogen and oxygen atoms in total. The van der Waals surface area contributed by atoms with Gasteiger partial charge >= 0.3 is 0 Å². The van der Waals surface area contributed by atoms with Crippen molar-refractivity contribution in [3.8, 4) is 0 Å². The molecular formula is C40H30N8. The molecule has 48 heavy (non-hydrogen) atoms. The van der Waals surface area contributed by atoms with E-state index in [0.29, 0.717) is 0 Å². The summed E-state index contributed by atoms with van der Waals surface area (Å²) in [7, 11) is 0. The number of aromatic nitrogens is 5. The zero-order valence-electron chi connectivity index (χ0n) is 26.0. The highest BCUT2D eigenvalue weighted by Gasteiger charge is 2.34. The van der Waals surface area contributed by atoms with E-state index >= 15 is 0 Å². The highest BCUT2D eigenvalue weighted by Crippen LogP contribution is 2.36. The first-order valence-corrected chi connectivity index (χ1v) is 16.2. The molecular weight excluding hydrogens is 592 g/mol. The van der Waals surface area contributed by atoms with Gasteiger partial charge in [0.1, 0.15) is 0 Å². The van der Waals surface area contributed by atoms with Crippen molar-refractivity contribution in [2.75, 3.05) is 0 Å². The number of aliphatic imine (C=N–C) groups is 2. The Balaban J connectivity index is 1.37. The van der Waals surface area contributed by atoms with Gasteiger partial charge in [-0.25, -0.2) is 9.98 Å². The van der Waals surface area contributed by atoms with Crippen LogP contribution in [0.1, 0.15) is 35.6 Å². The molecule has 2 N–H and O–H groups in total. The van der Waals surface area contributed by atoms with Crippen LogP contribution < -0.4 is 16.0 Å². The molecule has 0 aliphatic carbocycles. The number of nitrogens with one attached hydrogen (secondary N) is 2. The van der Waals surface area contributed by atoms with Crippen molar-refractivity contribution in [3.05, 3.63) is 179 Å². The lowest BCUT2D eigenvalue weighted by atomic mass is 9.98. The minimum atomic E-state index is 0.0197. The van der Waals surface area contributed by atoms with E-state index in [2.05, 4.69) is 58.9 Å². The van der Waals surface area contributed by atoms with Crippen molar-refractivity contribution in [1.82, 2.24) is 30.2 Å². The Kier molecular flexibility index (Phi) is 6.98. The summed E-state index contributed by atoms with van der Waals surface area (Å²) in [6.07, 6.45) is 17.5. The molecule has 8 bridgehead atoms. The van der Waals surface area contributed by atoms with Crippen molar-refractivity contribution in [1.29, 1.82) is 0 Å². The molecule has 230 valence electrons. The fourth-order valence-corrected chi connectivity index (χ4v) is 7.05. The number of hydrogen-bond acceptors (Lipinski definition) is 7. The van der Waals surface area contributed by atoms with Gasteiger partial charge in [-0.2, -0.15) is 0 Å². The van der Waals surface area contributed by atoms with Crippen LogP contribution in [0.4, 0.5) is 0 Å². The normalized spacial score (nSPS) is 20.1. The van der Waals surface area contributed by atoms with Gasteiger partial charge in [0.25, 0.3) is 0 Å². The van der Waals surface area contributed by atoms with Crippen molar-refractivity contribution in [3.63, 3.8) is 0 Å². The predicted octanol–water partition coefficient (Wildman–Crippen LogP) is 4.97. The highest BCUT2D eigenvalue weighted by molar-refractivity contribution is 6.34. The van der Waals surface area contributed by atoms with E-state index in [1.54, 1.807) is 0 Å². The number of allylic oxidation sites excluding steroid dienone is 5. The van der Waals surface area contributed by atoms with Gasteiger partial charge in [-0.05, 0) is 97.8 Å². The number of H-pyrrole nitrogens is 1. The zero-order chi connectivity index (χ0) is 31.9. The average Bonchev–Trinajstić information content (AvgIpc) is 3.98. The molecule has 2 unspecified atom stereocenters. The summed E-state index contributed by atoms with van der Waals surface area (Å²) in [6, 6.07) is 28.4. The van der Waals surface area contributed by atoms with E-state index < -0.39 is 0 Å². The van der Waals surface area contributed by atoms with Crippen LogP contribution in [0.2, 0.25) is 0 Å². The molecule has 8 heteroatoms. The van der Waals surface area contributed by atoms with Crippen LogP contribution in [0.25, 0.3) is 22.3 Å². The maximum Gasteiger partial charge on any atom is 0.0753 e. The van der Waals surface area contributed by atoms with E-state index in [0.717, 1.165) is 91.4 Å². The lowest BCUT2D eigenvalue weighted by Crippen LogP contribution is -2.35. The van der Waals surface area contributed by atoms with Crippen LogP contribution >= 0.6 is 0 Å². The average molecular weight is 623 g/mol. The van der Waals surface area contributed by atoms with Crippen LogP contribution in [0.5, 0.6) is 0 Å². The molecule has 0 amide bonds. The molecule has 0 aromatic carbocycles. The largest absolute Gasteiger partial charge is 0.355 e. The van der Waals surface area contributed by atoms with Gasteiger partial charge in [0, 0.05) is 58.9 Å². The maximum absolute atomic E-state index is 5.29. The lowest BCUT2D eigenvalue weighted by molar-refractivity contribution is 0.683. The monoisotopic (exact) mass is 622 g/mol. The van der Waals surface area contributed by atoms with Gasteiger partial charge < -0.3 is 10.3 Å². The minimum absolute atomic E-state index is 0.0197. The molecule has 1 saturated heterocycles. The fourth-order valence-electron chi connectivity index (χ4n) is 7.05. The Morgan fingerprint density at radius 3 is 1.58 bits per heavy atom. The Labute approximate surface area is 277 Å². The number of pyridine rings is 4. The van der Waals surface area contributed by atoms with Gasteiger partial charge in [0.05, 0.1) is 56.5 Å². The summed E-state index contributed by atoms with van der Waals surface area (Å²) in [4.78, 5) is 33.5. The van der Waals surface area contributed by atoms with Gasteiger partial charge in [-0.1, -0.05) is 24.3 Å². The summed E-state index contributed by atoms with van der Waals surface area (Å²) in [6.45, 7) is 0. The Morgan fingerprint density at radius 1 is 0.458 bits per heavy atom. The Bertz CT molecular complexity index is 2350. The topological polar surface area (TPSA) is 104 Å². The maximum atomic E-state index is 5.29. The highest BCUT2D eigenvalue weighted by atomic mass is 15.0. The number of nitrogens with zero attached hydrogens (tertiary/aromatic N) is 6. The first-order chi connectivity index (χ1) is 23.8. The zero-order valence-corrected chi connectivity index (χ0v) is 26.0. The minimum Gasteiger partial charge on any atom is -0.355 e. The molecule has 4 aliphatic heterocycles. The van der Waals surface area contributed by atoms with Gasteiger partial charge in [-0.3, -0.25) is 19.9 Å².